The van der Waals surface area contributed by atoms with Gasteiger partial charge in [-0.2, -0.15) is 0 Å². The fraction of sp³-hybridized carbons (Fsp3) is 0.286. The number of rotatable bonds is 2. The number of anilines is 1. The maximum absolute atomic E-state index is 11.3. The van der Waals surface area contributed by atoms with E-state index in [4.69, 9.17) is 4.74 Å². The summed E-state index contributed by atoms with van der Waals surface area (Å²) in [6.45, 7) is 2.60. The first kappa shape index (κ1) is 11.9. The van der Waals surface area contributed by atoms with E-state index >= 15 is 0 Å². The molecule has 1 heterocycles. The lowest BCUT2D eigenvalue weighted by atomic mass is 10.1. The molecule has 0 amide bonds. The highest BCUT2D eigenvalue weighted by Crippen LogP contribution is 2.36. The van der Waals surface area contributed by atoms with Gasteiger partial charge in [0.1, 0.15) is 5.69 Å². The first-order valence-corrected chi connectivity index (χ1v) is 6.26. The van der Waals surface area contributed by atoms with Gasteiger partial charge in [-0.05, 0) is 11.5 Å². The van der Waals surface area contributed by atoms with Crippen LogP contribution in [0, 0.1) is 10.1 Å². The van der Waals surface area contributed by atoms with Gasteiger partial charge in [0.05, 0.1) is 18.1 Å². The van der Waals surface area contributed by atoms with Crippen molar-refractivity contribution in [3.8, 4) is 0 Å². The van der Waals surface area contributed by atoms with E-state index in [0.717, 1.165) is 10.8 Å². The van der Waals surface area contributed by atoms with Crippen molar-refractivity contribution in [1.82, 2.24) is 0 Å². The van der Waals surface area contributed by atoms with Crippen molar-refractivity contribution in [1.29, 1.82) is 0 Å². The van der Waals surface area contributed by atoms with Crippen molar-refractivity contribution in [3.05, 3.63) is 46.5 Å². The first-order chi connectivity index (χ1) is 9.27. The van der Waals surface area contributed by atoms with Crippen molar-refractivity contribution in [2.24, 2.45) is 0 Å². The predicted molar refractivity (Wildman–Crippen MR) is 73.6 cm³/mol. The second-order valence-electron chi connectivity index (χ2n) is 4.51. The molecule has 0 aliphatic carbocycles. The topological polar surface area (TPSA) is 55.6 Å². The molecule has 0 aromatic heterocycles. The fourth-order valence-corrected chi connectivity index (χ4v) is 2.51. The Bertz CT molecular complexity index is 621. The van der Waals surface area contributed by atoms with Crippen molar-refractivity contribution in [3.63, 3.8) is 0 Å². The lowest BCUT2D eigenvalue weighted by Gasteiger charge is -2.29. The number of ether oxygens (including phenoxy) is 1. The second-order valence-corrected chi connectivity index (χ2v) is 4.51. The molecule has 19 heavy (non-hydrogen) atoms. The summed E-state index contributed by atoms with van der Waals surface area (Å²) in [6.07, 6.45) is 0. The molecule has 1 saturated heterocycles. The maximum atomic E-state index is 11.3. The molecule has 0 atom stereocenters. The zero-order valence-corrected chi connectivity index (χ0v) is 10.4. The molecule has 2 aromatic rings. The standard InChI is InChI=1S/C14H14N2O3/c17-16(18)13-6-5-11-3-1-2-4-12(11)14(13)15-7-9-19-10-8-15/h1-6H,7-10H2. The van der Waals surface area contributed by atoms with Gasteiger partial charge in [-0.15, -0.1) is 0 Å². The second kappa shape index (κ2) is 4.85. The molecule has 3 rings (SSSR count). The van der Waals surface area contributed by atoms with Crippen molar-refractivity contribution < 1.29 is 9.66 Å². The number of hydrogen-bond donors (Lipinski definition) is 0. The van der Waals surface area contributed by atoms with Gasteiger partial charge in [0.25, 0.3) is 5.69 Å². The van der Waals surface area contributed by atoms with Gasteiger partial charge in [0.2, 0.25) is 0 Å². The Morgan fingerprint density at radius 3 is 2.58 bits per heavy atom. The highest BCUT2D eigenvalue weighted by Gasteiger charge is 2.23. The van der Waals surface area contributed by atoms with Gasteiger partial charge in [0.15, 0.2) is 0 Å². The number of morpholine rings is 1. The monoisotopic (exact) mass is 258 g/mol. The average molecular weight is 258 g/mol. The summed E-state index contributed by atoms with van der Waals surface area (Å²) in [7, 11) is 0. The molecule has 1 fully saturated rings. The number of fused-ring (bicyclic) bond motifs is 1. The summed E-state index contributed by atoms with van der Waals surface area (Å²) in [5.74, 6) is 0. The number of benzene rings is 2. The molecule has 0 bridgehead atoms. The summed E-state index contributed by atoms with van der Waals surface area (Å²) in [5.41, 5.74) is 0.881. The molecule has 0 radical (unpaired) electrons. The summed E-state index contributed by atoms with van der Waals surface area (Å²) in [6, 6.07) is 11.2. The first-order valence-electron chi connectivity index (χ1n) is 6.26. The van der Waals surface area contributed by atoms with Crippen LogP contribution in [0.25, 0.3) is 10.8 Å². The smallest absolute Gasteiger partial charge is 0.293 e. The van der Waals surface area contributed by atoms with E-state index in [-0.39, 0.29) is 10.6 Å². The molecular formula is C14H14N2O3. The predicted octanol–water partition coefficient (Wildman–Crippen LogP) is 2.58. The van der Waals surface area contributed by atoms with Crippen LogP contribution in [0.5, 0.6) is 0 Å². The zero-order chi connectivity index (χ0) is 13.2. The lowest BCUT2D eigenvalue weighted by Crippen LogP contribution is -2.36. The van der Waals surface area contributed by atoms with Gasteiger partial charge in [-0.3, -0.25) is 10.1 Å². The molecule has 5 nitrogen and oxygen atoms in total. The Morgan fingerprint density at radius 1 is 1.11 bits per heavy atom. The number of hydrogen-bond acceptors (Lipinski definition) is 4. The SMILES string of the molecule is O=[N+]([O-])c1ccc2ccccc2c1N1CCOCC1. The Balaban J connectivity index is 2.21. The molecule has 5 heteroatoms. The minimum Gasteiger partial charge on any atom is -0.378 e. The van der Waals surface area contributed by atoms with E-state index in [1.165, 1.54) is 0 Å². The summed E-state index contributed by atoms with van der Waals surface area (Å²) >= 11 is 0. The van der Waals surface area contributed by atoms with Gasteiger partial charge >= 0.3 is 0 Å². The van der Waals surface area contributed by atoms with E-state index in [1.54, 1.807) is 12.1 Å². The molecule has 2 aromatic carbocycles. The van der Waals surface area contributed by atoms with Crippen LogP contribution in [0.4, 0.5) is 11.4 Å². The van der Waals surface area contributed by atoms with Crippen LogP contribution in [0.1, 0.15) is 0 Å². The molecule has 1 aliphatic rings. The molecule has 0 spiro atoms. The van der Waals surface area contributed by atoms with Crippen molar-refractivity contribution >= 4 is 22.1 Å². The highest BCUT2D eigenvalue weighted by atomic mass is 16.6. The molecule has 98 valence electrons. The molecule has 0 N–H and O–H groups in total. The Hall–Kier alpha value is -2.14. The Morgan fingerprint density at radius 2 is 1.84 bits per heavy atom. The summed E-state index contributed by atoms with van der Waals surface area (Å²) < 4.78 is 5.32. The largest absolute Gasteiger partial charge is 0.378 e. The minimum absolute atomic E-state index is 0.167. The highest BCUT2D eigenvalue weighted by molar-refractivity contribution is 5.98. The van der Waals surface area contributed by atoms with Crippen LogP contribution < -0.4 is 4.90 Å². The van der Waals surface area contributed by atoms with Gasteiger partial charge < -0.3 is 9.64 Å². The summed E-state index contributed by atoms with van der Waals surface area (Å²) in [4.78, 5) is 13.0. The van der Waals surface area contributed by atoms with Crippen LogP contribution in [0.15, 0.2) is 36.4 Å². The lowest BCUT2D eigenvalue weighted by molar-refractivity contribution is -0.384. The number of nitro groups is 1. The van der Waals surface area contributed by atoms with Crippen LogP contribution in [0.2, 0.25) is 0 Å². The molecule has 0 saturated carbocycles. The summed E-state index contributed by atoms with van der Waals surface area (Å²) in [5, 5.41) is 13.2. The van der Waals surface area contributed by atoms with Crippen LogP contribution >= 0.6 is 0 Å². The zero-order valence-electron chi connectivity index (χ0n) is 10.4. The fourth-order valence-electron chi connectivity index (χ4n) is 2.51. The maximum Gasteiger partial charge on any atom is 0.293 e. The quantitative estimate of drug-likeness (QED) is 0.613. The third kappa shape index (κ3) is 2.13. The van der Waals surface area contributed by atoms with E-state index < -0.39 is 0 Å². The van der Waals surface area contributed by atoms with Gasteiger partial charge in [-0.25, -0.2) is 0 Å². The van der Waals surface area contributed by atoms with E-state index in [1.807, 2.05) is 29.2 Å². The number of nitrogens with zero attached hydrogens (tertiary/aromatic N) is 2. The van der Waals surface area contributed by atoms with Crippen LogP contribution in [-0.4, -0.2) is 31.2 Å². The molecule has 0 unspecified atom stereocenters. The minimum atomic E-state index is -0.308. The van der Waals surface area contributed by atoms with E-state index in [9.17, 15) is 10.1 Å². The van der Waals surface area contributed by atoms with Gasteiger partial charge in [0, 0.05) is 24.5 Å². The van der Waals surface area contributed by atoms with Gasteiger partial charge in [-0.1, -0.05) is 24.3 Å². The Kier molecular flexibility index (Phi) is 3.05. The molecule has 1 aliphatic heterocycles. The average Bonchev–Trinajstić information content (AvgIpc) is 2.46. The molecular weight excluding hydrogens is 244 g/mol. The third-order valence-corrected chi connectivity index (χ3v) is 3.40. The van der Waals surface area contributed by atoms with Crippen molar-refractivity contribution in [2.45, 2.75) is 0 Å². The number of nitro benzene ring substituents is 1. The van der Waals surface area contributed by atoms with Crippen molar-refractivity contribution in [2.75, 3.05) is 31.2 Å². The van der Waals surface area contributed by atoms with E-state index in [2.05, 4.69) is 0 Å². The van der Waals surface area contributed by atoms with E-state index in [0.29, 0.717) is 32.0 Å². The Labute approximate surface area is 110 Å². The van der Waals surface area contributed by atoms with Crippen LogP contribution in [0.3, 0.4) is 0 Å². The normalized spacial score (nSPS) is 15.7. The third-order valence-electron chi connectivity index (χ3n) is 3.40. The van der Waals surface area contributed by atoms with Crippen LogP contribution in [-0.2, 0) is 4.74 Å².